The molecule has 3 aromatic rings. The van der Waals surface area contributed by atoms with Gasteiger partial charge in [0, 0.05) is 31.7 Å². The van der Waals surface area contributed by atoms with E-state index < -0.39 is 0 Å². The Morgan fingerprint density at radius 2 is 1.81 bits per heavy atom. The van der Waals surface area contributed by atoms with Crippen LogP contribution in [0.3, 0.4) is 0 Å². The Morgan fingerprint density at radius 1 is 1.11 bits per heavy atom. The number of carbonyl (C=O) groups excluding carboxylic acids is 1. The Morgan fingerprint density at radius 3 is 2.41 bits per heavy atom. The van der Waals surface area contributed by atoms with Crippen molar-refractivity contribution in [3.63, 3.8) is 0 Å². The maximum Gasteiger partial charge on any atom is 0.257 e. The van der Waals surface area contributed by atoms with Crippen LogP contribution in [0.4, 0.5) is 0 Å². The molecule has 1 saturated heterocycles. The van der Waals surface area contributed by atoms with Gasteiger partial charge in [0.2, 0.25) is 5.89 Å². The molecule has 0 unspecified atom stereocenters. The summed E-state index contributed by atoms with van der Waals surface area (Å²) in [5, 5.41) is 8.34. The second kappa shape index (κ2) is 6.64. The van der Waals surface area contributed by atoms with Crippen LogP contribution in [0.2, 0.25) is 0 Å². The topological polar surface area (TPSA) is 77.0 Å². The smallest absolute Gasteiger partial charge is 0.257 e. The average Bonchev–Trinajstić information content (AvgIpc) is 3.34. The van der Waals surface area contributed by atoms with Gasteiger partial charge in [-0.15, -0.1) is 0 Å². The number of hydrogen-bond donors (Lipinski definition) is 0. The van der Waals surface area contributed by atoms with E-state index in [-0.39, 0.29) is 17.7 Å². The van der Waals surface area contributed by atoms with Crippen molar-refractivity contribution in [2.24, 2.45) is 7.05 Å². The second-order valence-electron chi connectivity index (χ2n) is 7.18. The molecule has 7 heteroatoms. The van der Waals surface area contributed by atoms with E-state index >= 15 is 0 Å². The Bertz CT molecular complexity index is 976. The molecule has 27 heavy (non-hydrogen) atoms. The Labute approximate surface area is 158 Å². The Balaban J connectivity index is 1.69. The number of aryl methyl sites for hydroxylation is 3. The number of carbonyl (C=O) groups is 1. The third-order valence-electron chi connectivity index (χ3n) is 5.42. The van der Waals surface area contributed by atoms with E-state index in [1.807, 2.05) is 50.9 Å². The zero-order chi connectivity index (χ0) is 19.1. The van der Waals surface area contributed by atoms with Crippen LogP contribution in [0.25, 0.3) is 0 Å². The molecule has 1 aromatic carbocycles. The monoisotopic (exact) mass is 365 g/mol. The molecular formula is C20H23N5O2. The van der Waals surface area contributed by atoms with E-state index in [9.17, 15) is 4.79 Å². The second-order valence-corrected chi connectivity index (χ2v) is 7.18. The van der Waals surface area contributed by atoms with Crippen LogP contribution in [-0.4, -0.2) is 43.8 Å². The van der Waals surface area contributed by atoms with Crippen molar-refractivity contribution in [2.45, 2.75) is 32.6 Å². The summed E-state index contributed by atoms with van der Waals surface area (Å²) >= 11 is 0. The highest BCUT2D eigenvalue weighted by molar-refractivity contribution is 5.96. The van der Waals surface area contributed by atoms with Gasteiger partial charge in [-0.1, -0.05) is 35.5 Å². The number of likely N-dealkylation sites (tertiary alicyclic amines) is 1. The van der Waals surface area contributed by atoms with E-state index in [4.69, 9.17) is 4.52 Å². The van der Waals surface area contributed by atoms with Gasteiger partial charge in [-0.05, 0) is 26.3 Å². The quantitative estimate of drug-likeness (QED) is 0.713. The fourth-order valence-electron chi connectivity index (χ4n) is 3.96. The van der Waals surface area contributed by atoms with E-state index in [2.05, 4.69) is 27.4 Å². The largest absolute Gasteiger partial charge is 0.339 e. The minimum Gasteiger partial charge on any atom is -0.339 e. The van der Waals surface area contributed by atoms with Gasteiger partial charge in [0.25, 0.3) is 5.91 Å². The molecule has 1 aliphatic rings. The maximum atomic E-state index is 13.3. The number of nitrogens with zero attached hydrogens (tertiary/aromatic N) is 5. The molecule has 0 aliphatic carbocycles. The molecule has 1 fully saturated rings. The van der Waals surface area contributed by atoms with Gasteiger partial charge in [-0.3, -0.25) is 9.48 Å². The molecular weight excluding hydrogens is 342 g/mol. The van der Waals surface area contributed by atoms with Crippen LogP contribution in [0.5, 0.6) is 0 Å². The molecule has 2 aromatic heterocycles. The van der Waals surface area contributed by atoms with Gasteiger partial charge in [-0.25, -0.2) is 0 Å². The summed E-state index contributed by atoms with van der Waals surface area (Å²) in [6.45, 7) is 6.78. The molecule has 0 saturated carbocycles. The first-order chi connectivity index (χ1) is 13.0. The predicted molar refractivity (Wildman–Crippen MR) is 99.5 cm³/mol. The molecule has 140 valence electrons. The Hall–Kier alpha value is -2.96. The molecule has 0 bridgehead atoms. The maximum absolute atomic E-state index is 13.3. The van der Waals surface area contributed by atoms with Gasteiger partial charge in [-0.2, -0.15) is 10.1 Å². The number of aromatic nitrogens is 4. The summed E-state index contributed by atoms with van der Waals surface area (Å²) in [5.41, 5.74) is 3.50. The molecule has 0 spiro atoms. The number of hydrogen-bond acceptors (Lipinski definition) is 5. The first-order valence-corrected chi connectivity index (χ1v) is 9.10. The minimum atomic E-state index is -0.0187. The molecule has 1 aliphatic heterocycles. The minimum absolute atomic E-state index is 0.0118. The van der Waals surface area contributed by atoms with Crippen LogP contribution < -0.4 is 0 Å². The summed E-state index contributed by atoms with van der Waals surface area (Å²) in [6, 6.07) is 10.2. The van der Waals surface area contributed by atoms with E-state index in [0.717, 1.165) is 11.4 Å². The van der Waals surface area contributed by atoms with Crippen molar-refractivity contribution in [3.05, 3.63) is 64.6 Å². The first kappa shape index (κ1) is 17.5. The lowest BCUT2D eigenvalue weighted by Crippen LogP contribution is -2.29. The Kier molecular flexibility index (Phi) is 4.30. The van der Waals surface area contributed by atoms with Gasteiger partial charge in [0.05, 0.1) is 17.2 Å². The highest BCUT2D eigenvalue weighted by Crippen LogP contribution is 2.39. The van der Waals surface area contributed by atoms with Crippen molar-refractivity contribution in [1.82, 2.24) is 24.8 Å². The van der Waals surface area contributed by atoms with E-state index in [1.54, 1.807) is 4.68 Å². The van der Waals surface area contributed by atoms with Gasteiger partial charge in [0.1, 0.15) is 0 Å². The zero-order valence-electron chi connectivity index (χ0n) is 16.0. The summed E-state index contributed by atoms with van der Waals surface area (Å²) in [4.78, 5) is 19.6. The third-order valence-corrected chi connectivity index (χ3v) is 5.42. The van der Waals surface area contributed by atoms with Crippen LogP contribution in [-0.2, 0) is 7.05 Å². The standard InChI is InChI=1S/C20H23N5O2/c1-12-18(13(2)24(4)22-12)20(26)25-10-16(15-8-6-5-7-9-15)17(11-25)19-21-14(3)23-27-19/h5-9,16-17H,10-11H2,1-4H3/t16-,17+/m1/s1. The SMILES string of the molecule is Cc1noc([C@H]2CN(C(=O)c3c(C)nn(C)c3C)C[C@@H]2c2ccccc2)n1. The van der Waals surface area contributed by atoms with Crippen molar-refractivity contribution in [3.8, 4) is 0 Å². The average molecular weight is 365 g/mol. The van der Waals surface area contributed by atoms with Crippen LogP contribution in [0.1, 0.15) is 50.9 Å². The van der Waals surface area contributed by atoms with Crippen molar-refractivity contribution in [2.75, 3.05) is 13.1 Å². The summed E-state index contributed by atoms with van der Waals surface area (Å²) in [6.07, 6.45) is 0. The first-order valence-electron chi connectivity index (χ1n) is 9.10. The van der Waals surface area contributed by atoms with Crippen LogP contribution in [0, 0.1) is 20.8 Å². The fourth-order valence-corrected chi connectivity index (χ4v) is 3.96. The molecule has 0 N–H and O–H groups in total. The molecule has 2 atom stereocenters. The number of benzene rings is 1. The summed E-state index contributed by atoms with van der Waals surface area (Å²) < 4.78 is 7.23. The molecule has 0 radical (unpaired) electrons. The van der Waals surface area contributed by atoms with Crippen molar-refractivity contribution >= 4 is 5.91 Å². The summed E-state index contributed by atoms with van der Waals surface area (Å²) in [7, 11) is 1.86. The number of amides is 1. The zero-order valence-corrected chi connectivity index (χ0v) is 16.0. The molecule has 3 heterocycles. The molecule has 4 rings (SSSR count). The highest BCUT2D eigenvalue weighted by Gasteiger charge is 2.41. The van der Waals surface area contributed by atoms with Crippen molar-refractivity contribution in [1.29, 1.82) is 0 Å². The number of rotatable bonds is 3. The highest BCUT2D eigenvalue weighted by atomic mass is 16.5. The lowest BCUT2D eigenvalue weighted by molar-refractivity contribution is 0.0786. The van der Waals surface area contributed by atoms with E-state index in [1.165, 1.54) is 5.56 Å². The van der Waals surface area contributed by atoms with Gasteiger partial charge in [0.15, 0.2) is 5.82 Å². The van der Waals surface area contributed by atoms with Gasteiger partial charge >= 0.3 is 0 Å². The lowest BCUT2D eigenvalue weighted by Gasteiger charge is -2.17. The van der Waals surface area contributed by atoms with Crippen molar-refractivity contribution < 1.29 is 9.32 Å². The molecule has 1 amide bonds. The third kappa shape index (κ3) is 3.03. The van der Waals surface area contributed by atoms with E-state index in [0.29, 0.717) is 30.4 Å². The fraction of sp³-hybridized carbons (Fsp3) is 0.400. The molecule has 7 nitrogen and oxygen atoms in total. The normalized spacial score (nSPS) is 19.6. The van der Waals surface area contributed by atoms with Gasteiger partial charge < -0.3 is 9.42 Å². The van der Waals surface area contributed by atoms with Crippen LogP contribution >= 0.6 is 0 Å². The van der Waals surface area contributed by atoms with Crippen LogP contribution in [0.15, 0.2) is 34.9 Å². The predicted octanol–water partition coefficient (Wildman–Crippen LogP) is 2.75. The summed E-state index contributed by atoms with van der Waals surface area (Å²) in [5.74, 6) is 1.32. The lowest BCUT2D eigenvalue weighted by atomic mass is 9.89.